The predicted molar refractivity (Wildman–Crippen MR) is 125 cm³/mol. The van der Waals surface area contributed by atoms with Gasteiger partial charge in [0.05, 0.1) is 27.8 Å². The number of hydrogen-bond donors (Lipinski definition) is 1. The topological polar surface area (TPSA) is 73.3 Å². The normalized spacial score (nSPS) is 26.0. The summed E-state index contributed by atoms with van der Waals surface area (Å²) in [4.78, 5) is 24.2. The molecule has 6 heteroatoms. The number of aromatic nitrogens is 2. The molecule has 3 aliphatic rings. The minimum Gasteiger partial charge on any atom is -0.454 e. The first-order valence-electron chi connectivity index (χ1n) is 11.6. The average Bonchev–Trinajstić information content (AvgIpc) is 3.37. The number of carbonyl (C=O) groups is 1. The van der Waals surface area contributed by atoms with Crippen molar-refractivity contribution in [2.75, 3.05) is 6.79 Å². The molecule has 1 aromatic heterocycles. The second-order valence-electron chi connectivity index (χ2n) is 10.6. The Morgan fingerprint density at radius 3 is 2.33 bits per heavy atom. The molecule has 2 aliphatic carbocycles. The van der Waals surface area contributed by atoms with Crippen LogP contribution in [0.2, 0.25) is 0 Å². The highest BCUT2D eigenvalue weighted by Crippen LogP contribution is 2.70. The van der Waals surface area contributed by atoms with E-state index in [1.807, 2.05) is 18.2 Å². The molecule has 2 aromatic carbocycles. The molecule has 0 radical (unpaired) electrons. The van der Waals surface area contributed by atoms with Crippen LogP contribution in [-0.2, 0) is 22.2 Å². The molecular weight excluding hydrogens is 414 g/mol. The molecular formula is C27H29N3O3. The highest BCUT2D eigenvalue weighted by molar-refractivity contribution is 5.93. The Hall–Kier alpha value is -3.15. The lowest BCUT2D eigenvalue weighted by atomic mass is 9.63. The summed E-state index contributed by atoms with van der Waals surface area (Å²) in [5, 5.41) is 3.23. The third-order valence-corrected chi connectivity index (χ3v) is 8.93. The number of rotatable bonds is 3. The summed E-state index contributed by atoms with van der Waals surface area (Å²) in [5.74, 6) is 1.50. The molecule has 1 N–H and O–H groups in total. The lowest BCUT2D eigenvalue weighted by Gasteiger charge is -2.39. The fourth-order valence-corrected chi connectivity index (χ4v) is 6.25. The van der Waals surface area contributed by atoms with Crippen molar-refractivity contribution >= 4 is 16.9 Å². The number of hydrogen-bond acceptors (Lipinski definition) is 5. The predicted octanol–water partition coefficient (Wildman–Crippen LogP) is 4.62. The fraction of sp³-hybridized carbons (Fsp3) is 0.444. The number of fused-ring (bicyclic) bond motifs is 7. The molecule has 0 spiro atoms. The van der Waals surface area contributed by atoms with Gasteiger partial charge in [0.2, 0.25) is 12.7 Å². The van der Waals surface area contributed by atoms with Crippen molar-refractivity contribution in [3.8, 4) is 11.5 Å². The number of amides is 1. The van der Waals surface area contributed by atoms with E-state index in [1.165, 1.54) is 11.1 Å². The van der Waals surface area contributed by atoms with Crippen molar-refractivity contribution in [2.45, 2.75) is 64.8 Å². The number of aryl methyl sites for hydroxylation is 2. The van der Waals surface area contributed by atoms with E-state index in [4.69, 9.17) is 19.4 Å². The summed E-state index contributed by atoms with van der Waals surface area (Å²) in [6.07, 6.45) is 1.71. The largest absolute Gasteiger partial charge is 0.454 e. The zero-order valence-corrected chi connectivity index (χ0v) is 19.8. The van der Waals surface area contributed by atoms with E-state index in [1.54, 1.807) is 0 Å². The smallest absolute Gasteiger partial charge is 0.233 e. The third-order valence-electron chi connectivity index (χ3n) is 8.93. The van der Waals surface area contributed by atoms with Crippen LogP contribution in [0.4, 0.5) is 0 Å². The van der Waals surface area contributed by atoms with Crippen LogP contribution < -0.4 is 14.8 Å². The van der Waals surface area contributed by atoms with Crippen LogP contribution in [0.3, 0.4) is 0 Å². The lowest BCUT2D eigenvalue weighted by molar-refractivity contribution is -0.130. The molecule has 1 fully saturated rings. The first-order chi connectivity index (χ1) is 15.7. The first kappa shape index (κ1) is 20.5. The van der Waals surface area contributed by atoms with Crippen LogP contribution in [0.5, 0.6) is 11.5 Å². The third kappa shape index (κ3) is 2.47. The van der Waals surface area contributed by atoms with Gasteiger partial charge in [0, 0.05) is 12.0 Å². The Morgan fingerprint density at radius 1 is 0.939 bits per heavy atom. The molecule has 3 aromatic rings. The van der Waals surface area contributed by atoms with Gasteiger partial charge >= 0.3 is 0 Å². The monoisotopic (exact) mass is 443 g/mol. The Morgan fingerprint density at radius 2 is 1.61 bits per heavy atom. The minimum atomic E-state index is -0.701. The number of ether oxygens (including phenoxy) is 2. The van der Waals surface area contributed by atoms with Crippen molar-refractivity contribution in [2.24, 2.45) is 5.41 Å². The van der Waals surface area contributed by atoms with Crippen molar-refractivity contribution < 1.29 is 14.3 Å². The number of benzene rings is 2. The van der Waals surface area contributed by atoms with Gasteiger partial charge in [-0.1, -0.05) is 26.8 Å². The molecule has 170 valence electrons. The average molecular weight is 444 g/mol. The summed E-state index contributed by atoms with van der Waals surface area (Å²) in [6.45, 7) is 11.5. The standard InChI is InChI=1S/C27H29N3O3/c1-15-10-18-19(11-16(15)2)30-23-22(29-18)26(5)8-9-27(23,25(26,3)4)24(31)28-13-17-6-7-20-21(12-17)33-14-32-20/h6-7,10-12H,8-9,13-14H2,1-5H3,(H,28,31). The molecule has 6 nitrogen and oxygen atoms in total. The Balaban J connectivity index is 1.41. The quantitative estimate of drug-likeness (QED) is 0.639. The molecule has 2 bridgehead atoms. The molecule has 0 saturated heterocycles. The second-order valence-corrected chi connectivity index (χ2v) is 10.6. The number of carbonyl (C=O) groups excluding carboxylic acids is 1. The highest BCUT2D eigenvalue weighted by Gasteiger charge is 2.73. The summed E-state index contributed by atoms with van der Waals surface area (Å²) in [7, 11) is 0. The van der Waals surface area contributed by atoms with E-state index in [2.05, 4.69) is 52.1 Å². The minimum absolute atomic E-state index is 0.0325. The van der Waals surface area contributed by atoms with E-state index in [-0.39, 0.29) is 23.5 Å². The summed E-state index contributed by atoms with van der Waals surface area (Å²) < 4.78 is 10.9. The van der Waals surface area contributed by atoms with Crippen LogP contribution in [0.15, 0.2) is 30.3 Å². The van der Waals surface area contributed by atoms with Gasteiger partial charge in [-0.25, -0.2) is 9.97 Å². The molecule has 1 aliphatic heterocycles. The molecule has 6 rings (SSSR count). The molecule has 1 amide bonds. The van der Waals surface area contributed by atoms with E-state index < -0.39 is 5.41 Å². The van der Waals surface area contributed by atoms with Gasteiger partial charge < -0.3 is 14.8 Å². The van der Waals surface area contributed by atoms with Gasteiger partial charge in [0.1, 0.15) is 0 Å². The summed E-state index contributed by atoms with van der Waals surface area (Å²) in [5.41, 5.74) is 5.81. The van der Waals surface area contributed by atoms with Crippen LogP contribution in [0.1, 0.15) is 61.7 Å². The highest BCUT2D eigenvalue weighted by atomic mass is 16.7. The van der Waals surface area contributed by atoms with Crippen molar-refractivity contribution in [1.29, 1.82) is 0 Å². The van der Waals surface area contributed by atoms with Crippen LogP contribution in [0.25, 0.3) is 11.0 Å². The van der Waals surface area contributed by atoms with Crippen molar-refractivity contribution in [3.05, 3.63) is 58.4 Å². The Bertz CT molecular complexity index is 1350. The number of nitrogens with zero attached hydrogens (tertiary/aromatic N) is 2. The van der Waals surface area contributed by atoms with Crippen LogP contribution in [0, 0.1) is 19.3 Å². The molecule has 1 saturated carbocycles. The maximum absolute atomic E-state index is 14.0. The number of nitrogens with one attached hydrogen (secondary N) is 1. The van der Waals surface area contributed by atoms with Gasteiger partial charge in [-0.3, -0.25) is 4.79 Å². The SMILES string of the molecule is Cc1cc2nc3c(nc2cc1C)C1(C(=O)NCc2ccc4c(c2)OCO4)CCC3(C)C1(C)C. The second kappa shape index (κ2) is 6.46. The summed E-state index contributed by atoms with van der Waals surface area (Å²) in [6, 6.07) is 10.0. The van der Waals surface area contributed by atoms with Gasteiger partial charge in [-0.05, 0) is 73.1 Å². The molecule has 2 heterocycles. The van der Waals surface area contributed by atoms with Crippen molar-refractivity contribution in [3.63, 3.8) is 0 Å². The van der Waals surface area contributed by atoms with E-state index in [0.717, 1.165) is 52.3 Å². The molecule has 2 unspecified atom stereocenters. The van der Waals surface area contributed by atoms with Crippen molar-refractivity contribution in [1.82, 2.24) is 15.3 Å². The first-order valence-corrected chi connectivity index (χ1v) is 11.6. The van der Waals surface area contributed by atoms with Crippen LogP contribution in [-0.4, -0.2) is 22.7 Å². The van der Waals surface area contributed by atoms with E-state index in [9.17, 15) is 4.79 Å². The van der Waals surface area contributed by atoms with Gasteiger partial charge in [0.15, 0.2) is 11.5 Å². The van der Waals surface area contributed by atoms with Gasteiger partial charge in [-0.2, -0.15) is 0 Å². The maximum atomic E-state index is 14.0. The Kier molecular flexibility index (Phi) is 4.01. The molecule has 2 atom stereocenters. The Labute approximate surface area is 193 Å². The maximum Gasteiger partial charge on any atom is 0.233 e. The zero-order valence-electron chi connectivity index (χ0n) is 19.8. The summed E-state index contributed by atoms with van der Waals surface area (Å²) >= 11 is 0. The fourth-order valence-electron chi connectivity index (χ4n) is 6.25. The lowest BCUT2D eigenvalue weighted by Crippen LogP contribution is -2.51. The van der Waals surface area contributed by atoms with Gasteiger partial charge in [-0.15, -0.1) is 0 Å². The van der Waals surface area contributed by atoms with E-state index in [0.29, 0.717) is 6.54 Å². The zero-order chi connectivity index (χ0) is 23.2. The van der Waals surface area contributed by atoms with Crippen LogP contribution >= 0.6 is 0 Å². The molecule has 33 heavy (non-hydrogen) atoms. The van der Waals surface area contributed by atoms with E-state index >= 15 is 0 Å². The van der Waals surface area contributed by atoms with Gasteiger partial charge in [0.25, 0.3) is 0 Å².